The Labute approximate surface area is 180 Å². The van der Waals surface area contributed by atoms with Crippen LogP contribution in [0.3, 0.4) is 0 Å². The average Bonchev–Trinajstić information content (AvgIpc) is 2.74. The number of benzene rings is 1. The number of carbonyl (C=O) groups is 1. The Morgan fingerprint density at radius 3 is 2.47 bits per heavy atom. The number of hydrogen-bond acceptors (Lipinski definition) is 9. The van der Waals surface area contributed by atoms with Gasteiger partial charge in [0.1, 0.15) is 12.1 Å². The fraction of sp³-hybridized carbons (Fsp3) is 0.421. The summed E-state index contributed by atoms with van der Waals surface area (Å²) in [6.45, 7) is 2.74. The number of piperidine rings is 1. The second-order valence-corrected chi connectivity index (χ2v) is 6.86. The number of anilines is 3. The lowest BCUT2D eigenvalue weighted by molar-refractivity contribution is -0.383. The number of esters is 1. The molecule has 0 saturated carbocycles. The van der Waals surface area contributed by atoms with E-state index >= 15 is 0 Å². The number of alkyl halides is 3. The Hall–Kier alpha value is -3.64. The highest BCUT2D eigenvalue weighted by Crippen LogP contribution is 2.36. The average molecular weight is 455 g/mol. The van der Waals surface area contributed by atoms with E-state index in [0.717, 1.165) is 18.5 Å². The van der Waals surface area contributed by atoms with Gasteiger partial charge in [0, 0.05) is 18.8 Å². The molecule has 0 aliphatic carbocycles. The minimum absolute atomic E-state index is 0.0897. The Morgan fingerprint density at radius 1 is 1.25 bits per heavy atom. The number of hydrogen-bond donors (Lipinski definition) is 1. The van der Waals surface area contributed by atoms with Gasteiger partial charge in [-0.1, -0.05) is 0 Å². The number of rotatable bonds is 7. The number of aromatic nitrogens is 2. The van der Waals surface area contributed by atoms with E-state index in [1.54, 1.807) is 11.8 Å². The molecule has 1 N–H and O–H groups in total. The number of nitro groups is 1. The van der Waals surface area contributed by atoms with Gasteiger partial charge < -0.3 is 19.7 Å². The third-order valence-electron chi connectivity index (χ3n) is 4.75. The Bertz CT molecular complexity index is 963. The van der Waals surface area contributed by atoms with Crippen LogP contribution in [0.1, 0.15) is 19.8 Å². The second-order valence-electron chi connectivity index (χ2n) is 6.86. The quantitative estimate of drug-likeness (QED) is 0.377. The van der Waals surface area contributed by atoms with Crippen LogP contribution in [0.5, 0.6) is 5.75 Å². The summed E-state index contributed by atoms with van der Waals surface area (Å²) in [6, 6.07) is 4.70. The monoisotopic (exact) mass is 455 g/mol. The van der Waals surface area contributed by atoms with Crippen LogP contribution in [-0.2, 0) is 9.53 Å². The van der Waals surface area contributed by atoms with Gasteiger partial charge in [0.25, 0.3) is 0 Å². The standard InChI is InChI=1S/C19H20F3N5O5/c1-2-31-18(28)12-7-9-26(10-8-12)17-15(27(29)30)16(23-11-24-17)25-13-3-5-14(6-4-13)32-19(20,21)22/h3-6,11-12H,2,7-10H2,1H3,(H,23,24,25). The molecule has 10 nitrogen and oxygen atoms in total. The first-order valence-corrected chi connectivity index (χ1v) is 9.71. The Balaban J connectivity index is 1.77. The van der Waals surface area contributed by atoms with Crippen molar-refractivity contribution in [2.75, 3.05) is 29.9 Å². The molecule has 1 fully saturated rings. The summed E-state index contributed by atoms with van der Waals surface area (Å²) in [7, 11) is 0. The molecule has 1 aliphatic rings. The zero-order chi connectivity index (χ0) is 23.3. The van der Waals surface area contributed by atoms with E-state index in [0.29, 0.717) is 25.9 Å². The van der Waals surface area contributed by atoms with Crippen LogP contribution >= 0.6 is 0 Å². The van der Waals surface area contributed by atoms with Crippen molar-refractivity contribution in [1.29, 1.82) is 0 Å². The highest BCUT2D eigenvalue weighted by molar-refractivity contribution is 5.76. The molecule has 13 heteroatoms. The molecule has 0 unspecified atom stereocenters. The predicted octanol–water partition coefficient (Wildman–Crippen LogP) is 3.81. The highest BCUT2D eigenvalue weighted by Gasteiger charge is 2.33. The van der Waals surface area contributed by atoms with Gasteiger partial charge in [-0.05, 0) is 44.0 Å². The molecular formula is C19H20F3N5O5. The van der Waals surface area contributed by atoms with Crippen LogP contribution in [-0.4, -0.2) is 46.9 Å². The largest absolute Gasteiger partial charge is 0.573 e. The number of nitrogens with zero attached hydrogens (tertiary/aromatic N) is 4. The van der Waals surface area contributed by atoms with Crippen molar-refractivity contribution in [2.24, 2.45) is 5.92 Å². The van der Waals surface area contributed by atoms with Gasteiger partial charge in [0.15, 0.2) is 0 Å². The molecule has 2 aromatic rings. The zero-order valence-corrected chi connectivity index (χ0v) is 17.0. The van der Waals surface area contributed by atoms with Gasteiger partial charge in [-0.15, -0.1) is 13.2 Å². The smallest absolute Gasteiger partial charge is 0.466 e. The fourth-order valence-electron chi connectivity index (χ4n) is 3.32. The molecule has 1 aromatic carbocycles. The number of carbonyl (C=O) groups excluding carboxylic acids is 1. The minimum Gasteiger partial charge on any atom is -0.466 e. The van der Waals surface area contributed by atoms with Gasteiger partial charge in [0.2, 0.25) is 11.6 Å². The maximum atomic E-state index is 12.3. The van der Waals surface area contributed by atoms with Crippen molar-refractivity contribution < 1.29 is 32.4 Å². The molecule has 1 aromatic heterocycles. The van der Waals surface area contributed by atoms with Gasteiger partial charge in [-0.25, -0.2) is 9.97 Å². The Morgan fingerprint density at radius 2 is 1.91 bits per heavy atom. The summed E-state index contributed by atoms with van der Waals surface area (Å²) in [6.07, 6.45) is -2.74. The molecule has 32 heavy (non-hydrogen) atoms. The first-order valence-electron chi connectivity index (χ1n) is 9.71. The summed E-state index contributed by atoms with van der Waals surface area (Å²) in [5.74, 6) is -1.01. The zero-order valence-electron chi connectivity index (χ0n) is 17.0. The number of ether oxygens (including phenoxy) is 2. The van der Waals surface area contributed by atoms with Crippen molar-refractivity contribution in [3.63, 3.8) is 0 Å². The van der Waals surface area contributed by atoms with Crippen molar-refractivity contribution in [3.05, 3.63) is 40.7 Å². The molecule has 0 spiro atoms. The first kappa shape index (κ1) is 23.0. The fourth-order valence-corrected chi connectivity index (χ4v) is 3.32. The third kappa shape index (κ3) is 5.74. The molecule has 1 saturated heterocycles. The van der Waals surface area contributed by atoms with Crippen molar-refractivity contribution >= 4 is 29.0 Å². The van der Waals surface area contributed by atoms with Crippen LogP contribution < -0.4 is 15.0 Å². The van der Waals surface area contributed by atoms with E-state index in [9.17, 15) is 28.1 Å². The summed E-state index contributed by atoms with van der Waals surface area (Å²) >= 11 is 0. The third-order valence-corrected chi connectivity index (χ3v) is 4.75. The number of halogens is 3. The van der Waals surface area contributed by atoms with Crippen LogP contribution in [0.4, 0.5) is 36.2 Å². The van der Waals surface area contributed by atoms with Crippen molar-refractivity contribution in [1.82, 2.24) is 9.97 Å². The van der Waals surface area contributed by atoms with E-state index in [1.807, 2.05) is 0 Å². The summed E-state index contributed by atoms with van der Waals surface area (Å²) in [5.41, 5.74) is -0.106. The van der Waals surface area contributed by atoms with E-state index < -0.39 is 17.0 Å². The lowest BCUT2D eigenvalue weighted by Gasteiger charge is -2.31. The van der Waals surface area contributed by atoms with E-state index in [-0.39, 0.29) is 41.5 Å². The molecule has 2 heterocycles. The number of nitrogens with one attached hydrogen (secondary N) is 1. The van der Waals surface area contributed by atoms with Crippen LogP contribution in [0, 0.1) is 16.0 Å². The summed E-state index contributed by atoms with van der Waals surface area (Å²) in [5, 5.41) is 14.5. The van der Waals surface area contributed by atoms with E-state index in [2.05, 4.69) is 20.0 Å². The van der Waals surface area contributed by atoms with Crippen LogP contribution in [0.25, 0.3) is 0 Å². The normalized spacial score (nSPS) is 14.7. The van der Waals surface area contributed by atoms with Crippen molar-refractivity contribution in [2.45, 2.75) is 26.1 Å². The first-order chi connectivity index (χ1) is 15.2. The predicted molar refractivity (Wildman–Crippen MR) is 107 cm³/mol. The molecular weight excluding hydrogens is 435 g/mol. The van der Waals surface area contributed by atoms with E-state index in [1.165, 1.54) is 12.1 Å². The van der Waals surface area contributed by atoms with Gasteiger partial charge in [-0.2, -0.15) is 0 Å². The molecule has 0 bridgehead atoms. The van der Waals surface area contributed by atoms with Crippen LogP contribution in [0.2, 0.25) is 0 Å². The molecule has 3 rings (SSSR count). The maximum absolute atomic E-state index is 12.3. The van der Waals surface area contributed by atoms with E-state index in [4.69, 9.17) is 4.74 Å². The van der Waals surface area contributed by atoms with Gasteiger partial charge in [0.05, 0.1) is 17.4 Å². The lowest BCUT2D eigenvalue weighted by atomic mass is 9.97. The van der Waals surface area contributed by atoms with Crippen LogP contribution in [0.15, 0.2) is 30.6 Å². The highest BCUT2D eigenvalue weighted by atomic mass is 19.4. The molecule has 0 amide bonds. The maximum Gasteiger partial charge on any atom is 0.573 e. The SMILES string of the molecule is CCOC(=O)C1CCN(c2ncnc(Nc3ccc(OC(F)(F)F)cc3)c2[N+](=O)[O-])CC1. The molecule has 0 radical (unpaired) electrons. The second kappa shape index (κ2) is 9.66. The molecule has 0 atom stereocenters. The molecule has 172 valence electrons. The Kier molecular flexibility index (Phi) is 6.95. The minimum atomic E-state index is -4.82. The van der Waals surface area contributed by atoms with Gasteiger partial charge >= 0.3 is 18.0 Å². The summed E-state index contributed by atoms with van der Waals surface area (Å²) in [4.78, 5) is 32.8. The lowest BCUT2D eigenvalue weighted by Crippen LogP contribution is -2.37. The topological polar surface area (TPSA) is 120 Å². The molecule has 1 aliphatic heterocycles. The van der Waals surface area contributed by atoms with Crippen molar-refractivity contribution in [3.8, 4) is 5.75 Å². The summed E-state index contributed by atoms with van der Waals surface area (Å²) < 4.78 is 45.7. The van der Waals surface area contributed by atoms with Gasteiger partial charge in [-0.3, -0.25) is 14.9 Å².